The molecule has 0 aliphatic heterocycles. The Hall–Kier alpha value is -2.34. The predicted molar refractivity (Wildman–Crippen MR) is 111 cm³/mol. The second-order valence-electron chi connectivity index (χ2n) is 6.49. The number of para-hydroxylation sites is 1. The summed E-state index contributed by atoms with van der Waals surface area (Å²) in [6.07, 6.45) is 3.25. The average molecular weight is 389 g/mol. The summed E-state index contributed by atoms with van der Waals surface area (Å²) < 4.78 is 26.1. The van der Waals surface area contributed by atoms with Crippen LogP contribution in [0.1, 0.15) is 30.5 Å². The van der Waals surface area contributed by atoms with Crippen molar-refractivity contribution < 1.29 is 13.2 Å². The molecule has 0 radical (unpaired) electrons. The molecule has 0 fully saturated rings. The number of nitrogens with zero attached hydrogens (tertiary/aromatic N) is 1. The zero-order chi connectivity index (χ0) is 19.9. The van der Waals surface area contributed by atoms with E-state index in [1.165, 1.54) is 4.31 Å². The van der Waals surface area contributed by atoms with E-state index >= 15 is 0 Å². The molecule has 0 unspecified atom stereocenters. The molecular weight excluding hydrogens is 360 g/mol. The van der Waals surface area contributed by atoms with Gasteiger partial charge in [0.05, 0.1) is 11.9 Å². The van der Waals surface area contributed by atoms with Crippen LogP contribution in [0.2, 0.25) is 0 Å². The van der Waals surface area contributed by atoms with E-state index in [2.05, 4.69) is 5.32 Å². The third-order valence-electron chi connectivity index (χ3n) is 4.48. The van der Waals surface area contributed by atoms with E-state index in [0.717, 1.165) is 22.9 Å². The summed E-state index contributed by atoms with van der Waals surface area (Å²) in [5.74, 6) is -0.302. The molecule has 0 aliphatic carbocycles. The number of rotatable bonds is 9. The van der Waals surface area contributed by atoms with Crippen LogP contribution in [0.25, 0.3) is 0 Å². The fourth-order valence-electron chi connectivity index (χ4n) is 3.07. The van der Waals surface area contributed by atoms with Gasteiger partial charge in [0.25, 0.3) is 0 Å². The molecule has 2 rings (SSSR count). The fourth-order valence-corrected chi connectivity index (χ4v) is 3.99. The van der Waals surface area contributed by atoms with Crippen molar-refractivity contribution in [2.75, 3.05) is 23.7 Å². The lowest BCUT2D eigenvalue weighted by Gasteiger charge is -2.26. The highest BCUT2D eigenvalue weighted by atomic mass is 32.2. The largest absolute Gasteiger partial charge is 0.354 e. The van der Waals surface area contributed by atoms with Gasteiger partial charge in [0.2, 0.25) is 15.9 Å². The summed E-state index contributed by atoms with van der Waals surface area (Å²) in [4.78, 5) is 12.4. The Labute approximate surface area is 162 Å². The van der Waals surface area contributed by atoms with Gasteiger partial charge >= 0.3 is 0 Å². The molecular formula is C21H28N2O3S. The fraction of sp³-hybridized carbons (Fsp3) is 0.381. The van der Waals surface area contributed by atoms with Crippen molar-refractivity contribution in [2.24, 2.45) is 0 Å². The minimum atomic E-state index is -3.58. The van der Waals surface area contributed by atoms with Gasteiger partial charge in [0.15, 0.2) is 0 Å². The lowest BCUT2D eigenvalue weighted by molar-refractivity contribution is -0.119. The zero-order valence-electron chi connectivity index (χ0n) is 16.2. The molecule has 1 amide bonds. The van der Waals surface area contributed by atoms with Crippen molar-refractivity contribution in [3.8, 4) is 0 Å². The number of carbonyl (C=O) groups excluding carboxylic acids is 1. The number of carbonyl (C=O) groups is 1. The van der Waals surface area contributed by atoms with Crippen molar-refractivity contribution in [3.05, 3.63) is 65.2 Å². The molecule has 0 spiro atoms. The van der Waals surface area contributed by atoms with E-state index in [4.69, 9.17) is 0 Å². The highest BCUT2D eigenvalue weighted by Crippen LogP contribution is 2.28. The molecule has 0 bridgehead atoms. The summed E-state index contributed by atoms with van der Waals surface area (Å²) in [6.45, 7) is 4.23. The molecule has 0 saturated heterocycles. The predicted octanol–water partition coefficient (Wildman–Crippen LogP) is 2.94. The Kier molecular flexibility index (Phi) is 7.42. The zero-order valence-corrected chi connectivity index (χ0v) is 17.1. The lowest BCUT2D eigenvalue weighted by atomic mass is 10.0. The second-order valence-corrected chi connectivity index (χ2v) is 8.39. The van der Waals surface area contributed by atoms with Gasteiger partial charge in [-0.3, -0.25) is 9.10 Å². The Balaban J connectivity index is 2.15. The lowest BCUT2D eigenvalue weighted by Crippen LogP contribution is -2.41. The number of aryl methyl sites for hydroxylation is 2. The van der Waals surface area contributed by atoms with Gasteiger partial charge < -0.3 is 5.32 Å². The molecule has 0 saturated carbocycles. The number of sulfonamides is 1. The highest BCUT2D eigenvalue weighted by Gasteiger charge is 2.24. The second kappa shape index (κ2) is 9.55. The summed E-state index contributed by atoms with van der Waals surface area (Å²) >= 11 is 0. The molecule has 2 aromatic rings. The molecule has 5 nitrogen and oxygen atoms in total. The normalized spacial score (nSPS) is 11.2. The van der Waals surface area contributed by atoms with Crippen molar-refractivity contribution in [1.82, 2.24) is 5.32 Å². The quantitative estimate of drug-likeness (QED) is 0.718. The first kappa shape index (κ1) is 21.0. The van der Waals surface area contributed by atoms with E-state index < -0.39 is 10.0 Å². The molecule has 6 heteroatoms. The van der Waals surface area contributed by atoms with Gasteiger partial charge in [-0.1, -0.05) is 62.4 Å². The standard InChI is InChI=1S/C21H28N2O3S/c1-4-18-12-9-13-19(5-2)21(18)23(27(3,25)26)16-20(24)22-15-14-17-10-7-6-8-11-17/h6-13H,4-5,14-16H2,1-3H3,(H,22,24). The van der Waals surface area contributed by atoms with Crippen LogP contribution in [0.15, 0.2) is 48.5 Å². The molecule has 0 aromatic heterocycles. The van der Waals surface area contributed by atoms with Crippen LogP contribution in [0.3, 0.4) is 0 Å². The Morgan fingerprint density at radius 2 is 1.56 bits per heavy atom. The van der Waals surface area contributed by atoms with Crippen molar-refractivity contribution in [1.29, 1.82) is 0 Å². The van der Waals surface area contributed by atoms with Crippen LogP contribution in [-0.2, 0) is 34.1 Å². The maximum Gasteiger partial charge on any atom is 0.240 e. The van der Waals surface area contributed by atoms with Crippen LogP contribution in [0.5, 0.6) is 0 Å². The first-order valence-corrected chi connectivity index (χ1v) is 11.1. The molecule has 1 N–H and O–H groups in total. The van der Waals surface area contributed by atoms with Crippen LogP contribution in [-0.4, -0.2) is 33.7 Å². The summed E-state index contributed by atoms with van der Waals surface area (Å²) in [5.41, 5.74) is 3.62. The van der Waals surface area contributed by atoms with Crippen LogP contribution < -0.4 is 9.62 Å². The molecule has 27 heavy (non-hydrogen) atoms. The number of hydrogen-bond acceptors (Lipinski definition) is 3. The van der Waals surface area contributed by atoms with Crippen LogP contribution >= 0.6 is 0 Å². The van der Waals surface area contributed by atoms with Gasteiger partial charge in [-0.2, -0.15) is 0 Å². The number of benzene rings is 2. The van der Waals surface area contributed by atoms with Crippen molar-refractivity contribution in [3.63, 3.8) is 0 Å². The first-order chi connectivity index (χ1) is 12.9. The van der Waals surface area contributed by atoms with Crippen molar-refractivity contribution in [2.45, 2.75) is 33.1 Å². The van der Waals surface area contributed by atoms with Gasteiger partial charge in [0, 0.05) is 6.54 Å². The number of nitrogens with one attached hydrogen (secondary N) is 1. The van der Waals surface area contributed by atoms with Gasteiger partial charge in [-0.25, -0.2) is 8.42 Å². The van der Waals surface area contributed by atoms with Crippen LogP contribution in [0.4, 0.5) is 5.69 Å². The van der Waals surface area contributed by atoms with E-state index in [-0.39, 0.29) is 12.5 Å². The molecule has 0 aliphatic rings. The Bertz CT molecular complexity index is 842. The van der Waals surface area contributed by atoms with E-state index in [1.54, 1.807) is 0 Å². The van der Waals surface area contributed by atoms with E-state index in [9.17, 15) is 13.2 Å². The van der Waals surface area contributed by atoms with Gasteiger partial charge in [-0.05, 0) is 36.0 Å². The number of anilines is 1. The molecule has 2 aromatic carbocycles. The van der Waals surface area contributed by atoms with Crippen LogP contribution in [0, 0.1) is 0 Å². The van der Waals surface area contributed by atoms with E-state index in [1.807, 2.05) is 62.4 Å². The summed E-state index contributed by atoms with van der Waals surface area (Å²) in [6, 6.07) is 15.6. The van der Waals surface area contributed by atoms with Crippen molar-refractivity contribution >= 4 is 21.6 Å². The summed E-state index contributed by atoms with van der Waals surface area (Å²) in [5, 5.41) is 2.83. The Morgan fingerprint density at radius 1 is 0.963 bits per heavy atom. The average Bonchev–Trinajstić information content (AvgIpc) is 2.65. The maximum atomic E-state index is 12.4. The molecule has 0 atom stereocenters. The molecule has 146 valence electrons. The SMILES string of the molecule is CCc1cccc(CC)c1N(CC(=O)NCCc1ccccc1)S(C)(=O)=O. The topological polar surface area (TPSA) is 66.5 Å². The van der Waals surface area contributed by atoms with Gasteiger partial charge in [-0.15, -0.1) is 0 Å². The minimum absolute atomic E-state index is 0.211. The smallest absolute Gasteiger partial charge is 0.240 e. The number of amides is 1. The third kappa shape index (κ3) is 5.82. The monoisotopic (exact) mass is 388 g/mol. The van der Waals surface area contributed by atoms with E-state index in [0.29, 0.717) is 31.5 Å². The molecule has 0 heterocycles. The highest BCUT2D eigenvalue weighted by molar-refractivity contribution is 7.92. The minimum Gasteiger partial charge on any atom is -0.354 e. The maximum absolute atomic E-state index is 12.4. The number of hydrogen-bond donors (Lipinski definition) is 1. The first-order valence-electron chi connectivity index (χ1n) is 9.25. The van der Waals surface area contributed by atoms with Gasteiger partial charge in [0.1, 0.15) is 6.54 Å². The third-order valence-corrected chi connectivity index (χ3v) is 5.59. The Morgan fingerprint density at radius 3 is 2.07 bits per heavy atom. The summed E-state index contributed by atoms with van der Waals surface area (Å²) in [7, 11) is -3.58.